The van der Waals surface area contributed by atoms with E-state index in [0.717, 1.165) is 0 Å². The molecule has 0 saturated carbocycles. The highest BCUT2D eigenvalue weighted by atomic mass is 19.3. The number of carboxylic acids is 1. The summed E-state index contributed by atoms with van der Waals surface area (Å²) < 4.78 is 29.5. The number of hydrogen-bond donors (Lipinski definition) is 1. The molecule has 0 amide bonds. The van der Waals surface area contributed by atoms with Gasteiger partial charge in [0.05, 0.1) is 0 Å². The molecule has 1 N–H and O–H groups in total. The zero-order chi connectivity index (χ0) is 15.2. The first-order valence-corrected chi connectivity index (χ1v) is 5.95. The van der Waals surface area contributed by atoms with Crippen LogP contribution < -0.4 is 4.74 Å². The number of ether oxygens (including phenoxy) is 1. The van der Waals surface area contributed by atoms with Crippen LogP contribution in [0.3, 0.4) is 0 Å². The molecule has 3 nitrogen and oxygen atoms in total. The summed E-state index contributed by atoms with van der Waals surface area (Å²) >= 11 is 0. The molecule has 0 radical (unpaired) electrons. The van der Waals surface area contributed by atoms with Crippen LogP contribution in [-0.2, 0) is 4.79 Å². The molecular formula is C16H10F2O3. The molecular weight excluding hydrogens is 278 g/mol. The van der Waals surface area contributed by atoms with E-state index in [0.29, 0.717) is 11.1 Å². The van der Waals surface area contributed by atoms with E-state index in [1.165, 1.54) is 6.07 Å². The second kappa shape index (κ2) is 6.53. The van der Waals surface area contributed by atoms with Gasteiger partial charge in [-0.2, -0.15) is 8.78 Å². The van der Waals surface area contributed by atoms with Crippen molar-refractivity contribution in [3.63, 3.8) is 0 Å². The molecule has 0 aromatic heterocycles. The molecule has 2 rings (SSSR count). The van der Waals surface area contributed by atoms with Gasteiger partial charge in [0.2, 0.25) is 0 Å². The Balaban J connectivity index is 2.46. The lowest BCUT2D eigenvalue weighted by Gasteiger charge is -2.11. The van der Waals surface area contributed by atoms with Gasteiger partial charge in [0.15, 0.2) is 0 Å². The van der Waals surface area contributed by atoms with Gasteiger partial charge in [-0.15, -0.1) is 0 Å². The van der Waals surface area contributed by atoms with Crippen LogP contribution in [0.1, 0.15) is 5.56 Å². The van der Waals surface area contributed by atoms with Crippen molar-refractivity contribution < 1.29 is 23.4 Å². The van der Waals surface area contributed by atoms with Crippen LogP contribution in [0.4, 0.5) is 8.78 Å². The van der Waals surface area contributed by atoms with Gasteiger partial charge in [-0.3, -0.25) is 0 Å². The van der Waals surface area contributed by atoms with Gasteiger partial charge in [0.1, 0.15) is 5.75 Å². The predicted molar refractivity (Wildman–Crippen MR) is 73.0 cm³/mol. The summed E-state index contributed by atoms with van der Waals surface area (Å²) in [5.41, 5.74) is 1.48. The maximum absolute atomic E-state index is 12.5. The summed E-state index contributed by atoms with van der Waals surface area (Å²) in [6, 6.07) is 13.3. The summed E-state index contributed by atoms with van der Waals surface area (Å²) in [7, 11) is 0. The van der Waals surface area contributed by atoms with Crippen LogP contribution in [-0.4, -0.2) is 17.7 Å². The first-order chi connectivity index (χ1) is 10.1. The van der Waals surface area contributed by atoms with Crippen molar-refractivity contribution in [2.45, 2.75) is 6.61 Å². The van der Waals surface area contributed by atoms with Crippen LogP contribution in [0, 0.1) is 11.8 Å². The molecule has 21 heavy (non-hydrogen) atoms. The van der Waals surface area contributed by atoms with Crippen molar-refractivity contribution in [2.24, 2.45) is 0 Å². The number of hydrogen-bond acceptors (Lipinski definition) is 2. The predicted octanol–water partition coefficient (Wildman–Crippen LogP) is 3.39. The Morgan fingerprint density at radius 1 is 1.14 bits per heavy atom. The third-order valence-electron chi connectivity index (χ3n) is 2.60. The van der Waals surface area contributed by atoms with Crippen molar-refractivity contribution in [1.29, 1.82) is 0 Å². The van der Waals surface area contributed by atoms with Crippen LogP contribution in [0.5, 0.6) is 5.75 Å². The highest BCUT2D eigenvalue weighted by Gasteiger charge is 2.11. The molecule has 0 spiro atoms. The zero-order valence-electron chi connectivity index (χ0n) is 10.7. The van der Waals surface area contributed by atoms with E-state index in [2.05, 4.69) is 10.7 Å². The standard InChI is InChI=1S/C16H10F2O3/c17-16(18)21-14-10-11(7-9-15(19)20)6-8-13(14)12-4-2-1-3-5-12/h1-6,8,10,16H,(H,19,20). The van der Waals surface area contributed by atoms with E-state index < -0.39 is 12.6 Å². The Hall–Kier alpha value is -2.87. The molecule has 5 heteroatoms. The molecule has 0 unspecified atom stereocenters. The average Bonchev–Trinajstić information content (AvgIpc) is 2.45. The van der Waals surface area contributed by atoms with Gasteiger partial charge in [-0.25, -0.2) is 4.79 Å². The molecule has 0 atom stereocenters. The number of benzene rings is 2. The topological polar surface area (TPSA) is 46.5 Å². The normalized spacial score (nSPS) is 9.86. The second-order valence-corrected chi connectivity index (χ2v) is 4.01. The van der Waals surface area contributed by atoms with Crippen molar-refractivity contribution in [2.75, 3.05) is 0 Å². The lowest BCUT2D eigenvalue weighted by atomic mass is 10.0. The zero-order valence-corrected chi connectivity index (χ0v) is 10.7. The minimum Gasteiger partial charge on any atom is -0.472 e. The molecule has 2 aromatic rings. The number of rotatable bonds is 3. The Labute approximate surface area is 119 Å². The van der Waals surface area contributed by atoms with Gasteiger partial charge in [-0.1, -0.05) is 36.3 Å². The molecule has 0 saturated heterocycles. The molecule has 0 bridgehead atoms. The minimum atomic E-state index is -2.98. The first kappa shape index (κ1) is 14.5. The molecule has 0 fully saturated rings. The molecule has 0 heterocycles. The van der Waals surface area contributed by atoms with Gasteiger partial charge in [-0.05, 0) is 23.8 Å². The van der Waals surface area contributed by atoms with Gasteiger partial charge >= 0.3 is 12.6 Å². The fraction of sp³-hybridized carbons (Fsp3) is 0.0625. The maximum atomic E-state index is 12.5. The second-order valence-electron chi connectivity index (χ2n) is 4.01. The third-order valence-corrected chi connectivity index (χ3v) is 2.60. The highest BCUT2D eigenvalue weighted by Crippen LogP contribution is 2.31. The lowest BCUT2D eigenvalue weighted by molar-refractivity contribution is -0.130. The van der Waals surface area contributed by atoms with Crippen LogP contribution in [0.2, 0.25) is 0 Å². The van der Waals surface area contributed by atoms with E-state index in [9.17, 15) is 13.6 Å². The van der Waals surface area contributed by atoms with Gasteiger partial charge in [0, 0.05) is 17.0 Å². The number of halogens is 2. The van der Waals surface area contributed by atoms with Crippen molar-refractivity contribution in [3.05, 3.63) is 54.1 Å². The SMILES string of the molecule is O=C(O)C#Cc1ccc(-c2ccccc2)c(OC(F)F)c1. The molecule has 0 aliphatic carbocycles. The number of alkyl halides is 2. The number of aliphatic carboxylic acids is 1. The van der Waals surface area contributed by atoms with Crippen LogP contribution in [0.25, 0.3) is 11.1 Å². The van der Waals surface area contributed by atoms with Crippen molar-refractivity contribution in [1.82, 2.24) is 0 Å². The van der Waals surface area contributed by atoms with E-state index in [1.807, 2.05) is 12.0 Å². The number of carboxylic acid groups (broad SMARTS) is 1. The fourth-order valence-electron chi connectivity index (χ4n) is 1.78. The monoisotopic (exact) mass is 288 g/mol. The van der Waals surface area contributed by atoms with Gasteiger partial charge in [0.25, 0.3) is 0 Å². The van der Waals surface area contributed by atoms with E-state index in [4.69, 9.17) is 5.11 Å². The number of carbonyl (C=O) groups is 1. The Bertz CT molecular complexity index is 700. The molecule has 106 valence electrons. The van der Waals surface area contributed by atoms with Crippen LogP contribution >= 0.6 is 0 Å². The van der Waals surface area contributed by atoms with E-state index in [1.54, 1.807) is 36.4 Å². The third kappa shape index (κ3) is 4.05. The lowest BCUT2D eigenvalue weighted by Crippen LogP contribution is -2.03. The summed E-state index contributed by atoms with van der Waals surface area (Å²) in [5, 5.41) is 8.50. The highest BCUT2D eigenvalue weighted by molar-refractivity contribution is 5.87. The molecule has 0 aliphatic heterocycles. The Morgan fingerprint density at radius 3 is 2.48 bits per heavy atom. The van der Waals surface area contributed by atoms with Gasteiger partial charge < -0.3 is 9.84 Å². The van der Waals surface area contributed by atoms with E-state index >= 15 is 0 Å². The smallest absolute Gasteiger partial charge is 0.387 e. The maximum Gasteiger partial charge on any atom is 0.387 e. The largest absolute Gasteiger partial charge is 0.472 e. The van der Waals surface area contributed by atoms with Crippen molar-refractivity contribution in [3.8, 4) is 28.7 Å². The molecule has 0 aliphatic rings. The Kier molecular flexibility index (Phi) is 4.52. The molecule has 2 aromatic carbocycles. The summed E-state index contributed by atoms with van der Waals surface area (Å²) in [6.07, 6.45) is 0. The summed E-state index contributed by atoms with van der Waals surface area (Å²) in [4.78, 5) is 10.4. The first-order valence-electron chi connectivity index (χ1n) is 5.95. The fourth-order valence-corrected chi connectivity index (χ4v) is 1.78. The summed E-state index contributed by atoms with van der Waals surface area (Å²) in [5.74, 6) is 2.95. The average molecular weight is 288 g/mol. The van der Waals surface area contributed by atoms with Crippen molar-refractivity contribution >= 4 is 5.97 Å². The minimum absolute atomic E-state index is 0.0478. The summed E-state index contributed by atoms with van der Waals surface area (Å²) in [6.45, 7) is -2.98. The van der Waals surface area contributed by atoms with Crippen LogP contribution in [0.15, 0.2) is 48.5 Å². The quantitative estimate of drug-likeness (QED) is 0.881. The Morgan fingerprint density at radius 2 is 1.86 bits per heavy atom. The van der Waals surface area contributed by atoms with E-state index in [-0.39, 0.29) is 11.3 Å².